The van der Waals surface area contributed by atoms with Crippen LogP contribution in [0.1, 0.15) is 40.0 Å². The van der Waals surface area contributed by atoms with Gasteiger partial charge in [0.2, 0.25) is 0 Å². The molecule has 0 aliphatic heterocycles. The molecule has 3 heteroatoms. The molecule has 3 atom stereocenters. The largest absolute Gasteiger partial charge is 0.379 e. The van der Waals surface area contributed by atoms with Crippen molar-refractivity contribution < 1.29 is 0 Å². The monoisotopic (exact) mass is 297 g/mol. The van der Waals surface area contributed by atoms with Gasteiger partial charge in [-0.05, 0) is 48.1 Å². The Bertz CT molecular complexity index is 486. The van der Waals surface area contributed by atoms with Gasteiger partial charge in [-0.1, -0.05) is 50.0 Å². The molecule has 1 unspecified atom stereocenters. The molecule has 2 bridgehead atoms. The van der Waals surface area contributed by atoms with E-state index >= 15 is 0 Å². The highest BCUT2D eigenvalue weighted by atomic mass is 35.5. The van der Waals surface area contributed by atoms with Crippen molar-refractivity contribution in [1.82, 2.24) is 0 Å². The summed E-state index contributed by atoms with van der Waals surface area (Å²) >= 11 is 12.6. The van der Waals surface area contributed by atoms with Gasteiger partial charge in [-0.25, -0.2) is 0 Å². The van der Waals surface area contributed by atoms with Gasteiger partial charge in [-0.15, -0.1) is 0 Å². The van der Waals surface area contributed by atoms with E-state index in [0.29, 0.717) is 16.9 Å². The molecule has 1 nitrogen and oxygen atoms in total. The summed E-state index contributed by atoms with van der Waals surface area (Å²) in [7, 11) is 0. The zero-order valence-electron chi connectivity index (χ0n) is 11.8. The fraction of sp³-hybridized carbons (Fsp3) is 0.625. The number of anilines is 1. The van der Waals surface area contributed by atoms with Crippen LogP contribution in [0, 0.1) is 16.7 Å². The third kappa shape index (κ3) is 1.97. The second-order valence-corrected chi connectivity index (χ2v) is 7.90. The highest BCUT2D eigenvalue weighted by Gasteiger charge is 2.59. The van der Waals surface area contributed by atoms with Crippen molar-refractivity contribution in [3.63, 3.8) is 0 Å². The van der Waals surface area contributed by atoms with Crippen molar-refractivity contribution in [2.75, 3.05) is 5.32 Å². The number of fused-ring (bicyclic) bond motifs is 2. The zero-order valence-corrected chi connectivity index (χ0v) is 13.3. The zero-order chi connectivity index (χ0) is 13.8. The lowest BCUT2D eigenvalue weighted by atomic mass is 9.68. The van der Waals surface area contributed by atoms with Gasteiger partial charge in [0.25, 0.3) is 0 Å². The summed E-state index contributed by atoms with van der Waals surface area (Å²) in [4.78, 5) is 0. The van der Waals surface area contributed by atoms with E-state index in [1.54, 1.807) is 0 Å². The van der Waals surface area contributed by atoms with Crippen molar-refractivity contribution in [3.05, 3.63) is 28.2 Å². The topological polar surface area (TPSA) is 12.0 Å². The van der Waals surface area contributed by atoms with E-state index in [2.05, 4.69) is 26.1 Å². The standard InChI is InChI=1S/C16H21Cl2N/c1-15(2)10-7-8-16(3,9-10)14(15)19-13-11(17)5-4-6-12(13)18/h4-6,10,14,19H,7-9H2,1-3H3/t10-,14?,16+/m0/s1. The minimum Gasteiger partial charge on any atom is -0.379 e. The van der Waals surface area contributed by atoms with E-state index in [9.17, 15) is 0 Å². The molecule has 2 fully saturated rings. The van der Waals surface area contributed by atoms with Crippen molar-refractivity contribution in [3.8, 4) is 0 Å². The predicted molar refractivity (Wildman–Crippen MR) is 83.1 cm³/mol. The average molecular weight is 298 g/mol. The first kappa shape index (κ1) is 13.6. The van der Waals surface area contributed by atoms with E-state index < -0.39 is 0 Å². The molecule has 0 spiro atoms. The van der Waals surface area contributed by atoms with Crippen LogP contribution in [0.15, 0.2) is 18.2 Å². The Hall–Kier alpha value is -0.400. The summed E-state index contributed by atoms with van der Waals surface area (Å²) < 4.78 is 0. The van der Waals surface area contributed by atoms with Crippen LogP contribution in [-0.2, 0) is 0 Å². The van der Waals surface area contributed by atoms with E-state index in [1.165, 1.54) is 19.3 Å². The predicted octanol–water partition coefficient (Wildman–Crippen LogP) is 5.62. The molecule has 104 valence electrons. The van der Waals surface area contributed by atoms with Crippen molar-refractivity contribution in [2.45, 2.75) is 46.1 Å². The summed E-state index contributed by atoms with van der Waals surface area (Å²) in [6.45, 7) is 7.17. The Morgan fingerprint density at radius 2 is 1.79 bits per heavy atom. The fourth-order valence-corrected chi connectivity index (χ4v) is 4.95. The van der Waals surface area contributed by atoms with Gasteiger partial charge in [0, 0.05) is 6.04 Å². The molecule has 1 aromatic rings. The molecule has 0 heterocycles. The number of rotatable bonds is 2. The van der Waals surface area contributed by atoms with E-state index in [-0.39, 0.29) is 0 Å². The molecular weight excluding hydrogens is 277 g/mol. The lowest BCUT2D eigenvalue weighted by Gasteiger charge is -2.44. The number of para-hydroxylation sites is 1. The normalized spacial score (nSPS) is 35.6. The Balaban J connectivity index is 1.95. The van der Waals surface area contributed by atoms with E-state index in [0.717, 1.165) is 21.7 Å². The summed E-state index contributed by atoms with van der Waals surface area (Å²) in [5.41, 5.74) is 1.57. The summed E-state index contributed by atoms with van der Waals surface area (Å²) in [5, 5.41) is 5.11. The van der Waals surface area contributed by atoms with Gasteiger partial charge in [0.05, 0.1) is 15.7 Å². The molecule has 1 aromatic carbocycles. The Kier molecular flexibility index (Phi) is 3.07. The average Bonchev–Trinajstić information content (AvgIpc) is 2.78. The molecular formula is C16H21Cl2N. The molecule has 0 aromatic heterocycles. The van der Waals surface area contributed by atoms with Gasteiger partial charge in [0.1, 0.15) is 0 Å². The molecule has 0 saturated heterocycles. The quantitative estimate of drug-likeness (QED) is 0.747. The maximum atomic E-state index is 6.30. The number of hydrogen-bond acceptors (Lipinski definition) is 1. The number of hydrogen-bond donors (Lipinski definition) is 1. The van der Waals surface area contributed by atoms with Gasteiger partial charge >= 0.3 is 0 Å². The van der Waals surface area contributed by atoms with Crippen LogP contribution in [0.2, 0.25) is 10.0 Å². The van der Waals surface area contributed by atoms with Gasteiger partial charge in [-0.3, -0.25) is 0 Å². The van der Waals surface area contributed by atoms with E-state index in [4.69, 9.17) is 23.2 Å². The Labute approximate surface area is 125 Å². The van der Waals surface area contributed by atoms with Crippen LogP contribution >= 0.6 is 23.2 Å². The van der Waals surface area contributed by atoms with Crippen LogP contribution in [0.5, 0.6) is 0 Å². The SMILES string of the molecule is CC1(C)C(Nc2c(Cl)cccc2Cl)[C@]2(C)CC[C@H]1C2. The number of benzene rings is 1. The van der Waals surface area contributed by atoms with E-state index in [1.807, 2.05) is 18.2 Å². The third-order valence-corrected chi connectivity index (χ3v) is 6.15. The molecule has 2 saturated carbocycles. The summed E-state index contributed by atoms with van der Waals surface area (Å²) in [5.74, 6) is 0.816. The minimum atomic E-state index is 0.301. The van der Waals surface area contributed by atoms with Crippen LogP contribution in [0.4, 0.5) is 5.69 Å². The van der Waals surface area contributed by atoms with Crippen LogP contribution < -0.4 is 5.32 Å². The van der Waals surface area contributed by atoms with Crippen molar-refractivity contribution in [1.29, 1.82) is 0 Å². The molecule has 2 aliphatic carbocycles. The van der Waals surface area contributed by atoms with Crippen LogP contribution in [-0.4, -0.2) is 6.04 Å². The van der Waals surface area contributed by atoms with Crippen molar-refractivity contribution in [2.24, 2.45) is 16.7 Å². The molecule has 1 N–H and O–H groups in total. The smallest absolute Gasteiger partial charge is 0.0721 e. The number of nitrogens with one attached hydrogen (secondary N) is 1. The third-order valence-electron chi connectivity index (χ3n) is 5.52. The Morgan fingerprint density at radius 1 is 1.16 bits per heavy atom. The first-order valence-electron chi connectivity index (χ1n) is 7.05. The molecule has 19 heavy (non-hydrogen) atoms. The van der Waals surface area contributed by atoms with Gasteiger partial charge in [0.15, 0.2) is 0 Å². The summed E-state index contributed by atoms with van der Waals surface area (Å²) in [6.07, 6.45) is 3.98. The lowest BCUT2D eigenvalue weighted by Crippen LogP contribution is -2.45. The highest BCUT2D eigenvalue weighted by Crippen LogP contribution is 2.63. The van der Waals surface area contributed by atoms with Crippen LogP contribution in [0.3, 0.4) is 0 Å². The second-order valence-electron chi connectivity index (χ2n) is 7.09. The first-order valence-corrected chi connectivity index (χ1v) is 7.81. The highest BCUT2D eigenvalue weighted by molar-refractivity contribution is 6.39. The molecule has 3 rings (SSSR count). The first-order chi connectivity index (χ1) is 8.84. The molecule has 0 amide bonds. The minimum absolute atomic E-state index is 0.301. The fourth-order valence-electron chi connectivity index (χ4n) is 4.44. The van der Waals surface area contributed by atoms with Crippen LogP contribution in [0.25, 0.3) is 0 Å². The second kappa shape index (κ2) is 4.30. The lowest BCUT2D eigenvalue weighted by molar-refractivity contribution is 0.155. The van der Waals surface area contributed by atoms with Gasteiger partial charge < -0.3 is 5.32 Å². The van der Waals surface area contributed by atoms with Crippen molar-refractivity contribution >= 4 is 28.9 Å². The molecule has 2 aliphatic rings. The Morgan fingerprint density at radius 3 is 2.32 bits per heavy atom. The summed E-state index contributed by atoms with van der Waals surface area (Å²) in [6, 6.07) is 6.14. The maximum Gasteiger partial charge on any atom is 0.0721 e. The van der Waals surface area contributed by atoms with Gasteiger partial charge in [-0.2, -0.15) is 0 Å². The molecule has 0 radical (unpaired) electrons. The number of halogens is 2. The maximum absolute atomic E-state index is 6.30.